The van der Waals surface area contributed by atoms with Crippen molar-refractivity contribution in [3.8, 4) is 22.6 Å². The number of halogens is 3. The maximum atomic E-state index is 15.4. The van der Waals surface area contributed by atoms with Crippen LogP contribution in [-0.2, 0) is 11.3 Å². The lowest BCUT2D eigenvalue weighted by atomic mass is 10.0. The molecule has 3 aliphatic rings. The number of hydrogen-bond acceptors (Lipinski definition) is 7. The molecule has 37 heavy (non-hydrogen) atoms. The molecule has 4 aromatic rings. The summed E-state index contributed by atoms with van der Waals surface area (Å²) in [6.07, 6.45) is 4.80. The van der Waals surface area contributed by atoms with Gasteiger partial charge in [0.1, 0.15) is 23.0 Å². The van der Waals surface area contributed by atoms with E-state index in [4.69, 9.17) is 32.5 Å². The average Bonchev–Trinajstić information content (AvgIpc) is 3.25. The van der Waals surface area contributed by atoms with Crippen LogP contribution in [0, 0.1) is 11.7 Å². The van der Waals surface area contributed by atoms with E-state index in [0.717, 1.165) is 50.0 Å². The molecule has 1 N–H and O–H groups in total. The predicted octanol–water partition coefficient (Wildman–Crippen LogP) is 6.38. The number of aromatic amines is 1. The summed E-state index contributed by atoms with van der Waals surface area (Å²) in [5.41, 5.74) is 2.59. The van der Waals surface area contributed by atoms with E-state index in [1.165, 1.54) is 6.07 Å². The van der Waals surface area contributed by atoms with Crippen molar-refractivity contribution >= 4 is 28.9 Å². The first-order chi connectivity index (χ1) is 18.0. The molecule has 3 fully saturated rings. The Bertz CT molecular complexity index is 1450. The second-order valence-electron chi connectivity index (χ2n) is 10.1. The van der Waals surface area contributed by atoms with Gasteiger partial charge in [-0.3, -0.25) is 0 Å². The Labute approximate surface area is 222 Å². The largest absolute Gasteiger partial charge is 0.360 e. The number of nitrogens with one attached hydrogen (secondary N) is 1. The second kappa shape index (κ2) is 8.79. The number of H-pyrrole nitrogens is 1. The van der Waals surface area contributed by atoms with Crippen molar-refractivity contribution in [3.63, 3.8) is 0 Å². The molecule has 0 spiro atoms. The highest BCUT2D eigenvalue weighted by molar-refractivity contribution is 6.39. The van der Waals surface area contributed by atoms with E-state index < -0.39 is 5.72 Å². The zero-order valence-electron chi connectivity index (χ0n) is 19.8. The molecule has 2 aromatic heterocycles. The number of aromatic nitrogens is 5. The van der Waals surface area contributed by atoms with Crippen molar-refractivity contribution in [3.05, 3.63) is 63.6 Å². The number of benzene rings is 2. The Balaban J connectivity index is 1.21. The van der Waals surface area contributed by atoms with E-state index in [9.17, 15) is 0 Å². The fourth-order valence-electron chi connectivity index (χ4n) is 5.84. The second-order valence-corrected chi connectivity index (χ2v) is 10.9. The van der Waals surface area contributed by atoms with E-state index >= 15 is 4.39 Å². The lowest BCUT2D eigenvalue weighted by molar-refractivity contribution is -0.0455. The Morgan fingerprint density at radius 3 is 2.70 bits per heavy atom. The Morgan fingerprint density at radius 2 is 2.00 bits per heavy atom. The van der Waals surface area contributed by atoms with Crippen molar-refractivity contribution in [2.24, 2.45) is 5.92 Å². The van der Waals surface area contributed by atoms with E-state index in [1.54, 1.807) is 24.3 Å². The average molecular weight is 541 g/mol. The Morgan fingerprint density at radius 1 is 1.16 bits per heavy atom. The molecule has 0 amide bonds. The van der Waals surface area contributed by atoms with Crippen LogP contribution in [0.15, 0.2) is 40.9 Å². The maximum absolute atomic E-state index is 15.4. The summed E-state index contributed by atoms with van der Waals surface area (Å²) in [5.74, 6) is 1.61. The third-order valence-corrected chi connectivity index (χ3v) is 8.41. The van der Waals surface area contributed by atoms with E-state index in [2.05, 4.69) is 30.7 Å². The first-order valence-electron chi connectivity index (χ1n) is 12.4. The van der Waals surface area contributed by atoms with Crippen LogP contribution in [0.25, 0.3) is 22.6 Å². The summed E-state index contributed by atoms with van der Waals surface area (Å²) in [6, 6.07) is 10.4. The Hall–Kier alpha value is -3.01. The molecule has 3 heterocycles. The van der Waals surface area contributed by atoms with Crippen molar-refractivity contribution < 1.29 is 13.7 Å². The quantitative estimate of drug-likeness (QED) is 0.290. The molecular formula is C26H23Cl2FN6O2. The lowest BCUT2D eigenvalue weighted by Gasteiger charge is -2.40. The summed E-state index contributed by atoms with van der Waals surface area (Å²) in [6.45, 7) is 1.01. The molecule has 1 aliphatic heterocycles. The van der Waals surface area contributed by atoms with Crippen LogP contribution in [-0.4, -0.2) is 38.1 Å². The minimum Gasteiger partial charge on any atom is -0.360 e. The molecule has 11 heteroatoms. The smallest absolute Gasteiger partial charge is 0.204 e. The normalized spacial score (nSPS) is 22.8. The van der Waals surface area contributed by atoms with Gasteiger partial charge in [-0.2, -0.15) is 5.21 Å². The van der Waals surface area contributed by atoms with Crippen LogP contribution in [0.1, 0.15) is 49.3 Å². The molecule has 0 radical (unpaired) electrons. The van der Waals surface area contributed by atoms with Crippen LogP contribution in [0.3, 0.4) is 0 Å². The van der Waals surface area contributed by atoms with Gasteiger partial charge in [-0.15, -0.1) is 10.2 Å². The van der Waals surface area contributed by atoms with E-state index in [0.29, 0.717) is 50.2 Å². The number of ether oxygens (including phenoxy) is 1. The molecule has 2 bridgehead atoms. The fraction of sp³-hybridized carbons (Fsp3) is 0.385. The molecule has 2 aliphatic carbocycles. The number of piperidine rings is 1. The number of tetrazole rings is 1. The Kier molecular flexibility index (Phi) is 5.49. The van der Waals surface area contributed by atoms with Crippen LogP contribution < -0.4 is 4.90 Å². The fourth-order valence-corrected chi connectivity index (χ4v) is 6.42. The summed E-state index contributed by atoms with van der Waals surface area (Å²) in [5, 5.41) is 19.3. The molecule has 1 saturated heterocycles. The van der Waals surface area contributed by atoms with Crippen molar-refractivity contribution in [2.45, 2.75) is 50.4 Å². The van der Waals surface area contributed by atoms with Gasteiger partial charge in [-0.1, -0.05) is 34.4 Å². The van der Waals surface area contributed by atoms with Crippen molar-refractivity contribution in [2.75, 3.05) is 11.4 Å². The zero-order chi connectivity index (χ0) is 25.1. The third kappa shape index (κ3) is 3.91. The highest BCUT2D eigenvalue weighted by Crippen LogP contribution is 2.52. The maximum Gasteiger partial charge on any atom is 0.204 e. The predicted molar refractivity (Wildman–Crippen MR) is 136 cm³/mol. The van der Waals surface area contributed by atoms with Gasteiger partial charge >= 0.3 is 0 Å². The molecule has 2 aromatic carbocycles. The van der Waals surface area contributed by atoms with Gasteiger partial charge < -0.3 is 14.2 Å². The van der Waals surface area contributed by atoms with Crippen LogP contribution in [0.4, 0.5) is 10.1 Å². The minimum absolute atomic E-state index is 0.276. The molecule has 2 atom stereocenters. The zero-order valence-corrected chi connectivity index (χ0v) is 21.3. The molecule has 2 unspecified atom stereocenters. The van der Waals surface area contributed by atoms with Crippen LogP contribution in [0.2, 0.25) is 10.0 Å². The topological polar surface area (TPSA) is 93.0 Å². The number of anilines is 1. The summed E-state index contributed by atoms with van der Waals surface area (Å²) in [7, 11) is 0. The van der Waals surface area contributed by atoms with Gasteiger partial charge in [0.25, 0.3) is 0 Å². The van der Waals surface area contributed by atoms with Crippen molar-refractivity contribution in [1.82, 2.24) is 25.8 Å². The number of nitrogens with zero attached hydrogens (tertiary/aromatic N) is 5. The molecule has 2 saturated carbocycles. The lowest BCUT2D eigenvalue weighted by Crippen LogP contribution is -2.47. The molecule has 7 rings (SSSR count). The van der Waals surface area contributed by atoms with Gasteiger partial charge in [-0.25, -0.2) is 4.39 Å². The number of fused-ring (bicyclic) bond motifs is 2. The summed E-state index contributed by atoms with van der Waals surface area (Å²) < 4.78 is 28.0. The third-order valence-electron chi connectivity index (χ3n) is 7.78. The van der Waals surface area contributed by atoms with Gasteiger partial charge in [0.05, 0.1) is 22.3 Å². The SMILES string of the molecule is Fc1cc(-c2nn[nH]n2)ccc1N1CC2CCC1(OCc1c(-c3c(Cl)cccc3Cl)noc1C1CC1)C2. The van der Waals surface area contributed by atoms with Gasteiger partial charge in [0, 0.05) is 29.2 Å². The number of hydrogen-bond donors (Lipinski definition) is 1. The summed E-state index contributed by atoms with van der Waals surface area (Å²) >= 11 is 13.1. The van der Waals surface area contributed by atoms with E-state index in [1.807, 2.05) is 6.07 Å². The first-order valence-corrected chi connectivity index (χ1v) is 13.2. The molecular weight excluding hydrogens is 518 g/mol. The highest BCUT2D eigenvalue weighted by atomic mass is 35.5. The highest BCUT2D eigenvalue weighted by Gasteiger charge is 2.53. The van der Waals surface area contributed by atoms with E-state index in [-0.39, 0.29) is 12.4 Å². The van der Waals surface area contributed by atoms with Gasteiger partial charge in [-0.05, 0) is 73.6 Å². The minimum atomic E-state index is -0.612. The van der Waals surface area contributed by atoms with Crippen LogP contribution in [0.5, 0.6) is 0 Å². The van der Waals surface area contributed by atoms with Crippen LogP contribution >= 0.6 is 23.2 Å². The summed E-state index contributed by atoms with van der Waals surface area (Å²) in [4.78, 5) is 2.07. The number of rotatable bonds is 7. The van der Waals surface area contributed by atoms with Crippen molar-refractivity contribution in [1.29, 1.82) is 0 Å². The first kappa shape index (κ1) is 23.1. The van der Waals surface area contributed by atoms with Gasteiger partial charge in [0.15, 0.2) is 0 Å². The standard InChI is InChI=1S/C26H23Cl2FN6O2/c27-18-2-1-3-19(28)22(18)23-17(24(37-32-23)15-4-5-15)13-36-26-9-8-14(11-26)12-35(26)21-7-6-16(10-20(21)29)25-30-33-34-31-25/h1-3,6-7,10,14-15H,4-5,8-9,11-13H2,(H,30,31,33,34). The van der Waals surface area contributed by atoms with Gasteiger partial charge in [0.2, 0.25) is 5.82 Å². The molecule has 190 valence electrons. The molecule has 8 nitrogen and oxygen atoms in total. The monoisotopic (exact) mass is 540 g/mol.